The lowest BCUT2D eigenvalue weighted by Gasteiger charge is -2.20. The number of hydrogen-bond acceptors (Lipinski definition) is 9. The number of allylic oxidation sites excluding steroid dienone is 4. The van der Waals surface area contributed by atoms with E-state index in [-0.39, 0.29) is 19.4 Å². The van der Waals surface area contributed by atoms with E-state index in [9.17, 15) is 23.8 Å². The summed E-state index contributed by atoms with van der Waals surface area (Å²) in [6, 6.07) is -1.52. The maximum absolute atomic E-state index is 12.6. The van der Waals surface area contributed by atoms with Crippen LogP contribution in [0.5, 0.6) is 0 Å². The van der Waals surface area contributed by atoms with Crippen molar-refractivity contribution in [2.24, 2.45) is 5.73 Å². The summed E-state index contributed by atoms with van der Waals surface area (Å²) >= 11 is 0. The van der Waals surface area contributed by atoms with Gasteiger partial charge in [-0.1, -0.05) is 179 Å². The summed E-state index contributed by atoms with van der Waals surface area (Å²) in [5.41, 5.74) is 5.33. The van der Waals surface area contributed by atoms with E-state index in [1.165, 1.54) is 128 Å². The lowest BCUT2D eigenvalue weighted by atomic mass is 10.0. The first-order chi connectivity index (χ1) is 27.1. The van der Waals surface area contributed by atoms with Crippen LogP contribution in [0.25, 0.3) is 0 Å². The van der Waals surface area contributed by atoms with Gasteiger partial charge in [-0.3, -0.25) is 23.4 Å². The summed E-state index contributed by atoms with van der Waals surface area (Å²) in [7, 11) is -4.72. The highest BCUT2D eigenvalue weighted by atomic mass is 31.2. The van der Waals surface area contributed by atoms with Gasteiger partial charge in [0.1, 0.15) is 12.6 Å². The molecular weight excluding hydrogens is 733 g/mol. The highest BCUT2D eigenvalue weighted by Crippen LogP contribution is 2.43. The second-order valence-corrected chi connectivity index (χ2v) is 16.6. The molecule has 0 aromatic heterocycles. The minimum absolute atomic E-state index is 0.157. The van der Waals surface area contributed by atoms with Gasteiger partial charge in [0.2, 0.25) is 0 Å². The Kier molecular flexibility index (Phi) is 38.3. The molecule has 1 unspecified atom stereocenters. The number of carboxylic acid groups (broad SMARTS) is 1. The molecule has 3 atom stereocenters. The Labute approximate surface area is 340 Å². The van der Waals surface area contributed by atoms with Gasteiger partial charge in [-0.2, -0.15) is 0 Å². The summed E-state index contributed by atoms with van der Waals surface area (Å²) in [4.78, 5) is 45.9. The Balaban J connectivity index is 4.39. The Hall–Kier alpha value is -2.04. The molecule has 0 aliphatic rings. The van der Waals surface area contributed by atoms with E-state index in [1.807, 2.05) is 6.08 Å². The van der Waals surface area contributed by atoms with Gasteiger partial charge in [0, 0.05) is 12.8 Å². The minimum Gasteiger partial charge on any atom is -0.480 e. The molecule has 0 saturated heterocycles. The molecule has 0 aliphatic heterocycles. The number of hydrogen-bond donors (Lipinski definition) is 3. The fourth-order valence-electron chi connectivity index (χ4n) is 6.16. The number of ether oxygens (including phenoxy) is 2. The minimum atomic E-state index is -4.72. The molecule has 11 nitrogen and oxygen atoms in total. The van der Waals surface area contributed by atoms with Crippen LogP contribution in [0.15, 0.2) is 24.3 Å². The molecule has 4 N–H and O–H groups in total. The molecule has 0 heterocycles. The van der Waals surface area contributed by atoms with E-state index in [2.05, 4.69) is 36.6 Å². The van der Waals surface area contributed by atoms with Crippen molar-refractivity contribution in [1.82, 2.24) is 0 Å². The van der Waals surface area contributed by atoms with Gasteiger partial charge < -0.3 is 25.2 Å². The first kappa shape index (κ1) is 54.0. The molecule has 0 aliphatic carbocycles. The normalized spacial score (nSPS) is 13.9. The number of phosphoric ester groups is 1. The van der Waals surface area contributed by atoms with Crippen molar-refractivity contribution in [1.29, 1.82) is 0 Å². The van der Waals surface area contributed by atoms with E-state index >= 15 is 0 Å². The molecule has 0 spiro atoms. The number of nitrogens with two attached hydrogens (primary N) is 1. The SMILES string of the molecule is CCCCCCCCCCC/C=C/C/C=C/CCCC(=O)OC[C@H](COP(=O)(O)OC[C@H](N)C(=O)O)OC(=O)CCCCCCCCCCCCCCCCC. The van der Waals surface area contributed by atoms with Crippen LogP contribution < -0.4 is 5.73 Å². The molecule has 0 bridgehead atoms. The maximum Gasteiger partial charge on any atom is 0.472 e. The van der Waals surface area contributed by atoms with E-state index in [0.717, 1.165) is 32.1 Å². The largest absolute Gasteiger partial charge is 0.480 e. The summed E-state index contributed by atoms with van der Waals surface area (Å²) < 4.78 is 32.7. The van der Waals surface area contributed by atoms with Crippen molar-refractivity contribution in [2.75, 3.05) is 19.8 Å². The summed E-state index contributed by atoms with van der Waals surface area (Å²) in [6.07, 6.45) is 41.1. The average molecular weight is 816 g/mol. The van der Waals surface area contributed by atoms with E-state index in [0.29, 0.717) is 19.3 Å². The third-order valence-electron chi connectivity index (χ3n) is 9.70. The van der Waals surface area contributed by atoms with Crippen molar-refractivity contribution in [3.05, 3.63) is 24.3 Å². The standard InChI is InChI=1S/C44H82NO10P/c1-3-5-7-9-11-13-15-17-19-20-22-23-25-27-29-31-33-35-42(46)52-37-40(38-53-56(50,51)54-39-41(45)44(48)49)55-43(47)36-34-32-30-28-26-24-21-18-16-14-12-10-8-6-4-2/h22-23,27,29,40-41H,3-21,24-26,28,30-39,45H2,1-2H3,(H,48,49)(H,50,51)/b23-22+,29-27+/t40-,41+/m1/s1. The molecule has 0 rings (SSSR count). The van der Waals surface area contributed by atoms with Crippen molar-refractivity contribution in [3.8, 4) is 0 Å². The van der Waals surface area contributed by atoms with Crippen LogP contribution in [0.4, 0.5) is 0 Å². The molecule has 0 radical (unpaired) electrons. The quantitative estimate of drug-likeness (QED) is 0.0232. The number of phosphoric acid groups is 1. The second-order valence-electron chi connectivity index (χ2n) is 15.2. The Morgan fingerprint density at radius 1 is 0.554 bits per heavy atom. The second kappa shape index (κ2) is 39.8. The molecule has 0 amide bonds. The van der Waals surface area contributed by atoms with Crippen LogP contribution in [-0.2, 0) is 37.5 Å². The van der Waals surface area contributed by atoms with Gasteiger partial charge in [0.25, 0.3) is 0 Å². The van der Waals surface area contributed by atoms with Gasteiger partial charge in [-0.25, -0.2) is 4.57 Å². The number of unbranched alkanes of at least 4 members (excludes halogenated alkanes) is 24. The van der Waals surface area contributed by atoms with Crippen LogP contribution >= 0.6 is 7.82 Å². The molecule has 12 heteroatoms. The van der Waals surface area contributed by atoms with Crippen molar-refractivity contribution in [2.45, 2.75) is 219 Å². The Bertz CT molecular complexity index is 1050. The first-order valence-corrected chi connectivity index (χ1v) is 23.9. The molecule has 0 fully saturated rings. The number of aliphatic carboxylic acids is 1. The zero-order chi connectivity index (χ0) is 41.4. The maximum atomic E-state index is 12.6. The van der Waals surface area contributed by atoms with Gasteiger partial charge in [0.15, 0.2) is 6.10 Å². The van der Waals surface area contributed by atoms with Crippen LogP contribution in [-0.4, -0.2) is 59.9 Å². The average Bonchev–Trinajstić information content (AvgIpc) is 3.17. The fourth-order valence-corrected chi connectivity index (χ4v) is 6.94. The molecular formula is C44H82NO10P. The highest BCUT2D eigenvalue weighted by molar-refractivity contribution is 7.47. The van der Waals surface area contributed by atoms with Crippen LogP contribution in [0.3, 0.4) is 0 Å². The highest BCUT2D eigenvalue weighted by Gasteiger charge is 2.28. The third-order valence-corrected chi connectivity index (χ3v) is 10.7. The fraction of sp³-hybridized carbons (Fsp3) is 0.841. The van der Waals surface area contributed by atoms with Gasteiger partial charge >= 0.3 is 25.7 Å². The topological polar surface area (TPSA) is 172 Å². The van der Waals surface area contributed by atoms with Gasteiger partial charge in [-0.05, 0) is 38.5 Å². The molecule has 56 heavy (non-hydrogen) atoms. The van der Waals surface area contributed by atoms with Crippen molar-refractivity contribution >= 4 is 25.7 Å². The molecule has 0 aromatic carbocycles. The summed E-state index contributed by atoms with van der Waals surface area (Å²) in [5, 5.41) is 8.89. The molecule has 0 saturated carbocycles. The Morgan fingerprint density at radius 3 is 1.45 bits per heavy atom. The summed E-state index contributed by atoms with van der Waals surface area (Å²) in [6.45, 7) is 2.78. The van der Waals surface area contributed by atoms with E-state index in [1.54, 1.807) is 0 Å². The zero-order valence-electron chi connectivity index (χ0n) is 35.5. The number of carboxylic acids is 1. The monoisotopic (exact) mass is 816 g/mol. The van der Waals surface area contributed by atoms with Crippen molar-refractivity contribution < 1.29 is 47.5 Å². The smallest absolute Gasteiger partial charge is 0.472 e. The zero-order valence-corrected chi connectivity index (χ0v) is 36.4. The van der Waals surface area contributed by atoms with Gasteiger partial charge in [0.05, 0.1) is 13.2 Å². The van der Waals surface area contributed by atoms with Crippen LogP contribution in [0.1, 0.15) is 206 Å². The summed E-state index contributed by atoms with van der Waals surface area (Å²) in [5.74, 6) is -2.42. The lowest BCUT2D eigenvalue weighted by molar-refractivity contribution is -0.161. The number of carbonyl (C=O) groups excluding carboxylic acids is 2. The Morgan fingerprint density at radius 2 is 0.964 bits per heavy atom. The van der Waals surface area contributed by atoms with Crippen LogP contribution in [0, 0.1) is 0 Å². The molecule has 0 aromatic rings. The number of rotatable bonds is 42. The number of esters is 2. The predicted molar refractivity (Wildman–Crippen MR) is 226 cm³/mol. The van der Waals surface area contributed by atoms with Crippen LogP contribution in [0.2, 0.25) is 0 Å². The molecule has 328 valence electrons. The lowest BCUT2D eigenvalue weighted by Crippen LogP contribution is -2.34. The van der Waals surface area contributed by atoms with E-state index < -0.39 is 51.1 Å². The first-order valence-electron chi connectivity index (χ1n) is 22.4. The van der Waals surface area contributed by atoms with E-state index in [4.69, 9.17) is 24.8 Å². The van der Waals surface area contributed by atoms with Gasteiger partial charge in [-0.15, -0.1) is 0 Å². The number of carbonyl (C=O) groups is 3. The predicted octanol–water partition coefficient (Wildman–Crippen LogP) is 11.8. The third kappa shape index (κ3) is 38.8. The van der Waals surface area contributed by atoms with Crippen molar-refractivity contribution in [3.63, 3.8) is 0 Å².